The van der Waals surface area contributed by atoms with Crippen LogP contribution in [0.25, 0.3) is 11.5 Å². The minimum atomic E-state index is -4.57. The predicted octanol–water partition coefficient (Wildman–Crippen LogP) is 3.48. The third-order valence-corrected chi connectivity index (χ3v) is 4.19. The lowest BCUT2D eigenvalue weighted by atomic mass is 10.2. The lowest BCUT2D eigenvalue weighted by Crippen LogP contribution is -2.24. The first-order valence-corrected chi connectivity index (χ1v) is 8.82. The third kappa shape index (κ3) is 5.15. The van der Waals surface area contributed by atoms with Gasteiger partial charge < -0.3 is 14.6 Å². The molecule has 3 rings (SSSR count). The zero-order chi connectivity index (χ0) is 23.7. The van der Waals surface area contributed by atoms with Crippen LogP contribution >= 0.6 is 0 Å². The second-order valence-electron chi connectivity index (χ2n) is 6.51. The Balaban J connectivity index is 1.85. The molecule has 0 aliphatic heterocycles. The molecule has 0 radical (unpaired) electrons. The molecule has 9 nitrogen and oxygen atoms in total. The van der Waals surface area contributed by atoms with Crippen molar-refractivity contribution in [3.8, 4) is 17.4 Å². The maximum Gasteiger partial charge on any atom is 0.408 e. The van der Waals surface area contributed by atoms with Crippen LogP contribution in [0.1, 0.15) is 23.3 Å². The molecule has 0 saturated heterocycles. The highest BCUT2D eigenvalue weighted by Gasteiger charge is 2.39. The van der Waals surface area contributed by atoms with E-state index in [9.17, 15) is 31.1 Å². The molecular formula is C17H15F6N7O2. The Bertz CT molecular complexity index is 1110. The maximum absolute atomic E-state index is 13.1. The van der Waals surface area contributed by atoms with Gasteiger partial charge in [0, 0.05) is 6.20 Å². The highest BCUT2D eigenvalue weighted by molar-refractivity contribution is 6.05. The number of hydrogen-bond donors (Lipinski definition) is 1. The fourth-order valence-electron chi connectivity index (χ4n) is 2.65. The summed E-state index contributed by atoms with van der Waals surface area (Å²) in [7, 11) is 1.13. The van der Waals surface area contributed by atoms with E-state index in [4.69, 9.17) is 4.74 Å². The second-order valence-corrected chi connectivity index (χ2v) is 6.51. The molecule has 32 heavy (non-hydrogen) atoms. The fraction of sp³-hybridized carbons (Fsp3) is 0.353. The zero-order valence-corrected chi connectivity index (χ0v) is 16.4. The van der Waals surface area contributed by atoms with Crippen molar-refractivity contribution in [2.45, 2.75) is 31.9 Å². The van der Waals surface area contributed by atoms with Crippen molar-refractivity contribution in [2.75, 3.05) is 12.4 Å². The standard InChI is InChI=1S/C17H15F6N7O2/c1-9(17(21,22)23)30-8-24-27-13(30)11-4-3-5-12(25-11)26-14(31)10-6-29(7-16(18,19)20)28-15(10)32-2/h3-6,8-9H,7H2,1-2H3,(H,25,26,31)/t9-/m0/s1. The van der Waals surface area contributed by atoms with Crippen molar-refractivity contribution in [3.63, 3.8) is 0 Å². The van der Waals surface area contributed by atoms with E-state index in [1.54, 1.807) is 0 Å². The molecule has 0 aromatic carbocycles. The molecule has 172 valence electrons. The van der Waals surface area contributed by atoms with Crippen molar-refractivity contribution in [1.29, 1.82) is 0 Å². The number of carbonyl (C=O) groups excluding carboxylic acids is 1. The van der Waals surface area contributed by atoms with E-state index in [0.717, 1.165) is 31.1 Å². The average Bonchev–Trinajstić information content (AvgIpc) is 3.32. The van der Waals surface area contributed by atoms with Crippen molar-refractivity contribution in [2.24, 2.45) is 0 Å². The summed E-state index contributed by atoms with van der Waals surface area (Å²) in [6.45, 7) is -0.513. The van der Waals surface area contributed by atoms with Crippen LogP contribution in [0.5, 0.6) is 5.88 Å². The third-order valence-electron chi connectivity index (χ3n) is 4.19. The van der Waals surface area contributed by atoms with Gasteiger partial charge in [-0.15, -0.1) is 15.3 Å². The van der Waals surface area contributed by atoms with Crippen LogP contribution in [-0.4, -0.2) is 54.9 Å². The van der Waals surface area contributed by atoms with Crippen LogP contribution in [0.3, 0.4) is 0 Å². The largest absolute Gasteiger partial charge is 0.479 e. The van der Waals surface area contributed by atoms with Gasteiger partial charge in [-0.25, -0.2) is 4.98 Å². The monoisotopic (exact) mass is 463 g/mol. The van der Waals surface area contributed by atoms with E-state index in [-0.39, 0.29) is 28.8 Å². The summed E-state index contributed by atoms with van der Waals surface area (Å²) in [5, 5.41) is 13.1. The van der Waals surface area contributed by atoms with Gasteiger partial charge >= 0.3 is 12.4 Å². The van der Waals surface area contributed by atoms with E-state index in [0.29, 0.717) is 4.68 Å². The number of nitrogens with one attached hydrogen (secondary N) is 1. The molecule has 0 unspecified atom stereocenters. The number of carbonyl (C=O) groups is 1. The number of rotatable bonds is 6. The smallest absolute Gasteiger partial charge is 0.408 e. The number of nitrogens with zero attached hydrogens (tertiary/aromatic N) is 6. The van der Waals surface area contributed by atoms with Crippen LogP contribution in [0.2, 0.25) is 0 Å². The molecule has 15 heteroatoms. The molecule has 1 atom stereocenters. The molecule has 3 aromatic heterocycles. The molecule has 0 spiro atoms. The summed E-state index contributed by atoms with van der Waals surface area (Å²) in [6.07, 6.45) is -7.37. The van der Waals surface area contributed by atoms with Crippen LogP contribution in [0.15, 0.2) is 30.7 Å². The van der Waals surface area contributed by atoms with Crippen LogP contribution < -0.4 is 10.1 Å². The summed E-state index contributed by atoms with van der Waals surface area (Å²) in [5.74, 6) is -1.51. The lowest BCUT2D eigenvalue weighted by molar-refractivity contribution is -0.162. The molecule has 0 saturated carbocycles. The first-order valence-electron chi connectivity index (χ1n) is 8.82. The summed E-state index contributed by atoms with van der Waals surface area (Å²) in [4.78, 5) is 16.6. The maximum atomic E-state index is 13.1. The van der Waals surface area contributed by atoms with E-state index in [2.05, 4.69) is 25.6 Å². The summed E-state index contributed by atoms with van der Waals surface area (Å²) in [5.41, 5.74) is -0.311. The van der Waals surface area contributed by atoms with Crippen molar-refractivity contribution < 1.29 is 35.9 Å². The minimum absolute atomic E-state index is 0.0175. The summed E-state index contributed by atoms with van der Waals surface area (Å²) in [6, 6.07) is 2.17. The number of pyridine rings is 1. The van der Waals surface area contributed by atoms with Gasteiger partial charge in [0.05, 0.1) is 7.11 Å². The molecule has 3 heterocycles. The number of ether oxygens (including phenoxy) is 1. The molecule has 0 aliphatic rings. The number of anilines is 1. The Morgan fingerprint density at radius 3 is 2.56 bits per heavy atom. The summed E-state index contributed by atoms with van der Waals surface area (Å²) >= 11 is 0. The van der Waals surface area contributed by atoms with E-state index >= 15 is 0 Å². The lowest BCUT2D eigenvalue weighted by Gasteiger charge is -2.18. The van der Waals surface area contributed by atoms with Gasteiger partial charge in [0.2, 0.25) is 5.88 Å². The fourth-order valence-corrected chi connectivity index (χ4v) is 2.65. The number of methoxy groups -OCH3 is 1. The molecule has 0 bridgehead atoms. The van der Waals surface area contributed by atoms with Gasteiger partial charge in [-0.2, -0.15) is 26.3 Å². The topological polar surface area (TPSA) is 99.8 Å². The predicted molar refractivity (Wildman–Crippen MR) is 96.8 cm³/mol. The van der Waals surface area contributed by atoms with E-state index in [1.165, 1.54) is 18.2 Å². The second kappa shape index (κ2) is 8.47. The first kappa shape index (κ1) is 23.0. The van der Waals surface area contributed by atoms with Crippen molar-refractivity contribution in [1.82, 2.24) is 29.5 Å². The van der Waals surface area contributed by atoms with Gasteiger partial charge in [-0.3, -0.25) is 9.48 Å². The number of hydrogen-bond acceptors (Lipinski definition) is 6. The van der Waals surface area contributed by atoms with Gasteiger partial charge in [-0.1, -0.05) is 6.07 Å². The zero-order valence-electron chi connectivity index (χ0n) is 16.4. The Labute approximate surface area is 176 Å². The van der Waals surface area contributed by atoms with Gasteiger partial charge in [-0.05, 0) is 19.1 Å². The number of aromatic nitrogens is 6. The highest BCUT2D eigenvalue weighted by Crippen LogP contribution is 2.32. The van der Waals surface area contributed by atoms with Crippen molar-refractivity contribution >= 4 is 11.7 Å². The Morgan fingerprint density at radius 1 is 1.22 bits per heavy atom. The Kier molecular flexibility index (Phi) is 6.09. The number of alkyl halides is 6. The van der Waals surface area contributed by atoms with Gasteiger partial charge in [0.25, 0.3) is 5.91 Å². The highest BCUT2D eigenvalue weighted by atomic mass is 19.4. The van der Waals surface area contributed by atoms with Crippen molar-refractivity contribution in [3.05, 3.63) is 36.3 Å². The molecule has 0 aliphatic carbocycles. The van der Waals surface area contributed by atoms with Gasteiger partial charge in [0.1, 0.15) is 36.0 Å². The summed E-state index contributed by atoms with van der Waals surface area (Å²) < 4.78 is 83.1. The van der Waals surface area contributed by atoms with E-state index in [1.807, 2.05) is 0 Å². The molecule has 3 aromatic rings. The van der Waals surface area contributed by atoms with Crippen LogP contribution in [-0.2, 0) is 6.54 Å². The SMILES string of the molecule is COc1nn(CC(F)(F)F)cc1C(=O)Nc1cccc(-c2nncn2[C@@H](C)C(F)(F)F)n1. The normalized spacial score (nSPS) is 13.1. The Hall–Kier alpha value is -3.65. The molecule has 1 amide bonds. The first-order chi connectivity index (χ1) is 14.9. The molecular weight excluding hydrogens is 448 g/mol. The average molecular weight is 463 g/mol. The quantitative estimate of drug-likeness (QED) is 0.562. The molecule has 0 fully saturated rings. The van der Waals surface area contributed by atoms with Crippen LogP contribution in [0.4, 0.5) is 32.2 Å². The Morgan fingerprint density at radius 2 is 1.94 bits per heavy atom. The number of amides is 1. The number of halogens is 6. The molecule has 1 N–H and O–H groups in total. The minimum Gasteiger partial charge on any atom is -0.479 e. The van der Waals surface area contributed by atoms with Gasteiger partial charge in [0.15, 0.2) is 5.82 Å². The van der Waals surface area contributed by atoms with E-state index < -0.39 is 30.8 Å². The van der Waals surface area contributed by atoms with Crippen LogP contribution in [0, 0.1) is 0 Å².